The van der Waals surface area contributed by atoms with Crippen LogP contribution in [0.25, 0.3) is 0 Å². The van der Waals surface area contributed by atoms with Gasteiger partial charge in [0.2, 0.25) is 0 Å². The molecule has 19 heavy (non-hydrogen) atoms. The number of aryl methyl sites for hydroxylation is 2. The van der Waals surface area contributed by atoms with Crippen LogP contribution in [0, 0.1) is 13.8 Å². The minimum atomic E-state index is 0.319. The normalized spacial score (nSPS) is 12.4. The lowest BCUT2D eigenvalue weighted by Gasteiger charge is -2.18. The number of ether oxygens (including phenoxy) is 1. The van der Waals surface area contributed by atoms with Gasteiger partial charge in [0.1, 0.15) is 5.75 Å². The summed E-state index contributed by atoms with van der Waals surface area (Å²) >= 11 is 0. The molecule has 0 fully saturated rings. The van der Waals surface area contributed by atoms with Crippen molar-refractivity contribution in [1.29, 1.82) is 0 Å². The first-order valence-corrected chi connectivity index (χ1v) is 6.74. The third-order valence-corrected chi connectivity index (χ3v) is 3.41. The minimum absolute atomic E-state index is 0.319. The van der Waals surface area contributed by atoms with Gasteiger partial charge < -0.3 is 15.5 Å². The molecule has 0 radical (unpaired) electrons. The first-order valence-electron chi connectivity index (χ1n) is 6.74. The first kappa shape index (κ1) is 13.7. The fourth-order valence-corrected chi connectivity index (χ4v) is 2.34. The van der Waals surface area contributed by atoms with Gasteiger partial charge in [-0.3, -0.25) is 0 Å². The molecule has 0 amide bonds. The van der Waals surface area contributed by atoms with Gasteiger partial charge in [-0.15, -0.1) is 0 Å². The lowest BCUT2D eigenvalue weighted by atomic mass is 10.0. The molecular formula is C16H22N2O. The van der Waals surface area contributed by atoms with Gasteiger partial charge in [0, 0.05) is 17.8 Å². The van der Waals surface area contributed by atoms with E-state index >= 15 is 0 Å². The zero-order chi connectivity index (χ0) is 13.7. The van der Waals surface area contributed by atoms with Crippen LogP contribution in [0.1, 0.15) is 29.2 Å². The monoisotopic (exact) mass is 258 g/mol. The summed E-state index contributed by atoms with van der Waals surface area (Å²) in [6, 6.07) is 10.3. The van der Waals surface area contributed by atoms with E-state index in [1.165, 1.54) is 16.8 Å². The zero-order valence-electron chi connectivity index (χ0n) is 11.6. The van der Waals surface area contributed by atoms with Crippen LogP contribution in [0.2, 0.25) is 0 Å². The third kappa shape index (κ3) is 3.38. The molecule has 3 nitrogen and oxygen atoms in total. The maximum absolute atomic E-state index is 6.03. The molecule has 102 valence electrons. The van der Waals surface area contributed by atoms with E-state index in [1.807, 2.05) is 12.3 Å². The summed E-state index contributed by atoms with van der Waals surface area (Å²) in [5.41, 5.74) is 9.24. The Kier molecular flexibility index (Phi) is 4.63. The van der Waals surface area contributed by atoms with Crippen molar-refractivity contribution in [2.45, 2.75) is 26.2 Å². The molecule has 3 heteroatoms. The van der Waals surface area contributed by atoms with Crippen LogP contribution in [0.4, 0.5) is 0 Å². The number of aromatic nitrogens is 1. The Bertz CT molecular complexity index is 485. The average Bonchev–Trinajstić information content (AvgIpc) is 2.90. The largest absolute Gasteiger partial charge is 0.492 e. The molecule has 3 N–H and O–H groups in total. The lowest BCUT2D eigenvalue weighted by molar-refractivity contribution is 0.277. The van der Waals surface area contributed by atoms with E-state index in [9.17, 15) is 0 Å². The number of rotatable bonds is 6. The number of nitrogens with one attached hydrogen (secondary N) is 1. The fraction of sp³-hybridized carbons (Fsp3) is 0.375. The second-order valence-corrected chi connectivity index (χ2v) is 4.93. The maximum Gasteiger partial charge on any atom is 0.125 e. The van der Waals surface area contributed by atoms with Crippen molar-refractivity contribution in [3.63, 3.8) is 0 Å². The summed E-state index contributed by atoms with van der Waals surface area (Å²) in [5.74, 6) is 1.31. The highest BCUT2D eigenvalue weighted by molar-refractivity contribution is 5.39. The number of aromatic amines is 1. The van der Waals surface area contributed by atoms with Crippen LogP contribution in [-0.2, 0) is 0 Å². The van der Waals surface area contributed by atoms with Crippen LogP contribution in [0.5, 0.6) is 5.75 Å². The van der Waals surface area contributed by atoms with Gasteiger partial charge in [0.15, 0.2) is 0 Å². The molecule has 2 rings (SSSR count). The van der Waals surface area contributed by atoms with Crippen LogP contribution in [0.15, 0.2) is 36.5 Å². The van der Waals surface area contributed by atoms with Gasteiger partial charge in [0.05, 0.1) is 6.61 Å². The lowest BCUT2D eigenvalue weighted by Crippen LogP contribution is -2.16. The van der Waals surface area contributed by atoms with Gasteiger partial charge in [-0.05, 0) is 50.1 Å². The molecule has 1 atom stereocenters. The maximum atomic E-state index is 6.03. The number of H-pyrrole nitrogens is 1. The zero-order valence-corrected chi connectivity index (χ0v) is 11.6. The van der Waals surface area contributed by atoms with E-state index < -0.39 is 0 Å². The van der Waals surface area contributed by atoms with E-state index in [0.717, 1.165) is 12.2 Å². The summed E-state index contributed by atoms with van der Waals surface area (Å²) in [5, 5.41) is 0. The molecule has 1 aromatic carbocycles. The quantitative estimate of drug-likeness (QED) is 0.836. The molecule has 1 aromatic heterocycles. The SMILES string of the molecule is Cc1cccc(C)c1OCC(CCN)c1ccc[nH]1. The Morgan fingerprint density at radius 2 is 1.89 bits per heavy atom. The standard InChI is InChI=1S/C16H22N2O/c1-12-5-3-6-13(2)16(12)19-11-14(8-9-17)15-7-4-10-18-15/h3-7,10,14,18H,8-9,11,17H2,1-2H3. The molecule has 0 aliphatic heterocycles. The van der Waals surface area contributed by atoms with Crippen molar-refractivity contribution in [3.8, 4) is 5.75 Å². The summed E-state index contributed by atoms with van der Waals surface area (Å²) in [6.45, 7) is 5.48. The van der Waals surface area contributed by atoms with Crippen molar-refractivity contribution >= 4 is 0 Å². The van der Waals surface area contributed by atoms with Gasteiger partial charge >= 0.3 is 0 Å². The van der Waals surface area contributed by atoms with E-state index in [2.05, 4.69) is 43.1 Å². The Hall–Kier alpha value is -1.74. The van der Waals surface area contributed by atoms with Gasteiger partial charge in [-0.2, -0.15) is 0 Å². The number of hydrogen-bond acceptors (Lipinski definition) is 2. The van der Waals surface area contributed by atoms with Crippen molar-refractivity contribution in [1.82, 2.24) is 4.98 Å². The van der Waals surface area contributed by atoms with Crippen LogP contribution >= 0.6 is 0 Å². The van der Waals surface area contributed by atoms with E-state index in [-0.39, 0.29) is 0 Å². The number of benzene rings is 1. The molecular weight excluding hydrogens is 236 g/mol. The molecule has 0 bridgehead atoms. The van der Waals surface area contributed by atoms with Gasteiger partial charge in [-0.1, -0.05) is 18.2 Å². The molecule has 1 heterocycles. The third-order valence-electron chi connectivity index (χ3n) is 3.41. The van der Waals surface area contributed by atoms with Gasteiger partial charge in [0.25, 0.3) is 0 Å². The molecule has 1 unspecified atom stereocenters. The highest BCUT2D eigenvalue weighted by Gasteiger charge is 2.14. The Balaban J connectivity index is 2.07. The van der Waals surface area contributed by atoms with Gasteiger partial charge in [-0.25, -0.2) is 0 Å². The molecule has 0 aliphatic carbocycles. The average molecular weight is 258 g/mol. The summed E-state index contributed by atoms with van der Waals surface area (Å²) in [4.78, 5) is 3.25. The highest BCUT2D eigenvalue weighted by atomic mass is 16.5. The van der Waals surface area contributed by atoms with Crippen molar-refractivity contribution in [3.05, 3.63) is 53.3 Å². The Labute approximate surface area is 114 Å². The van der Waals surface area contributed by atoms with E-state index in [1.54, 1.807) is 0 Å². The number of hydrogen-bond donors (Lipinski definition) is 2. The smallest absolute Gasteiger partial charge is 0.125 e. The Morgan fingerprint density at radius 1 is 1.16 bits per heavy atom. The van der Waals surface area contributed by atoms with Crippen molar-refractivity contribution < 1.29 is 4.74 Å². The Morgan fingerprint density at radius 3 is 2.47 bits per heavy atom. The van der Waals surface area contributed by atoms with Crippen LogP contribution < -0.4 is 10.5 Å². The van der Waals surface area contributed by atoms with E-state index in [0.29, 0.717) is 19.1 Å². The molecule has 0 spiro atoms. The number of para-hydroxylation sites is 1. The molecule has 0 saturated heterocycles. The summed E-state index contributed by atoms with van der Waals surface area (Å²) in [7, 11) is 0. The summed E-state index contributed by atoms with van der Waals surface area (Å²) < 4.78 is 6.03. The fourth-order valence-electron chi connectivity index (χ4n) is 2.34. The molecule has 0 saturated carbocycles. The molecule has 2 aromatic rings. The second kappa shape index (κ2) is 6.43. The van der Waals surface area contributed by atoms with Crippen LogP contribution in [0.3, 0.4) is 0 Å². The first-order chi connectivity index (χ1) is 9.22. The number of nitrogens with two attached hydrogens (primary N) is 1. The van der Waals surface area contributed by atoms with E-state index in [4.69, 9.17) is 10.5 Å². The molecule has 0 aliphatic rings. The van der Waals surface area contributed by atoms with Crippen molar-refractivity contribution in [2.75, 3.05) is 13.2 Å². The topological polar surface area (TPSA) is 51.0 Å². The predicted molar refractivity (Wildman–Crippen MR) is 78.6 cm³/mol. The highest BCUT2D eigenvalue weighted by Crippen LogP contribution is 2.25. The van der Waals surface area contributed by atoms with Crippen molar-refractivity contribution in [2.24, 2.45) is 5.73 Å². The summed E-state index contributed by atoms with van der Waals surface area (Å²) in [6.07, 6.45) is 2.86. The predicted octanol–water partition coefficient (Wildman–Crippen LogP) is 3.14. The minimum Gasteiger partial charge on any atom is -0.492 e. The van der Waals surface area contributed by atoms with Crippen LogP contribution in [-0.4, -0.2) is 18.1 Å². The second-order valence-electron chi connectivity index (χ2n) is 4.93.